The third-order valence-corrected chi connectivity index (χ3v) is 2.95. The van der Waals surface area contributed by atoms with Crippen LogP contribution in [0.5, 0.6) is 0 Å². The maximum Gasteiger partial charge on any atom is 0.253 e. The van der Waals surface area contributed by atoms with Crippen LogP contribution in [0.2, 0.25) is 0 Å². The molecular weight excluding hydrogens is 178 g/mol. The van der Waals surface area contributed by atoms with Gasteiger partial charge in [0.25, 0.3) is 5.91 Å². The van der Waals surface area contributed by atoms with Crippen LogP contribution in [0.25, 0.3) is 0 Å². The molecule has 2 rings (SSSR count). The van der Waals surface area contributed by atoms with Gasteiger partial charge in [0, 0.05) is 25.6 Å². The predicted octanol–water partition coefficient (Wildman–Crippen LogP) is 1.47. The highest BCUT2D eigenvalue weighted by atomic mass is 16.5. The molecule has 3 heteroatoms. The number of likely N-dealkylation sites (N-methyl/N-ethyl adjacent to an activating group) is 1. The van der Waals surface area contributed by atoms with Gasteiger partial charge in [-0.15, -0.1) is 0 Å². The molecule has 0 radical (unpaired) electrons. The highest BCUT2D eigenvalue weighted by molar-refractivity contribution is 5.98. The summed E-state index contributed by atoms with van der Waals surface area (Å²) in [5.74, 6) is 1.06. The second-order valence-corrected chi connectivity index (χ2v) is 3.81. The van der Waals surface area contributed by atoms with E-state index in [0.717, 1.165) is 37.1 Å². The fourth-order valence-electron chi connectivity index (χ4n) is 1.99. The van der Waals surface area contributed by atoms with Gasteiger partial charge >= 0.3 is 0 Å². The van der Waals surface area contributed by atoms with Crippen molar-refractivity contribution in [2.75, 3.05) is 20.7 Å². The van der Waals surface area contributed by atoms with Gasteiger partial charge in [-0.05, 0) is 18.9 Å². The minimum atomic E-state index is 0.139. The summed E-state index contributed by atoms with van der Waals surface area (Å²) in [4.78, 5) is 13.6. The number of amides is 1. The van der Waals surface area contributed by atoms with E-state index in [2.05, 4.69) is 0 Å². The SMILES string of the molecule is COC1=CC2=C(CC1)CCN(C)C2=O. The van der Waals surface area contributed by atoms with Crippen LogP contribution in [-0.4, -0.2) is 31.5 Å². The van der Waals surface area contributed by atoms with Crippen molar-refractivity contribution in [3.05, 3.63) is 23.0 Å². The van der Waals surface area contributed by atoms with Crippen molar-refractivity contribution in [2.24, 2.45) is 0 Å². The van der Waals surface area contributed by atoms with Crippen LogP contribution in [0.4, 0.5) is 0 Å². The Morgan fingerprint density at radius 1 is 1.36 bits per heavy atom. The van der Waals surface area contributed by atoms with Crippen molar-refractivity contribution >= 4 is 5.91 Å². The van der Waals surface area contributed by atoms with Gasteiger partial charge in [0.15, 0.2) is 0 Å². The maximum absolute atomic E-state index is 11.8. The lowest BCUT2D eigenvalue weighted by atomic mass is 9.90. The monoisotopic (exact) mass is 193 g/mol. The molecule has 0 aromatic carbocycles. The molecule has 0 fully saturated rings. The van der Waals surface area contributed by atoms with Crippen LogP contribution in [0.15, 0.2) is 23.0 Å². The number of methoxy groups -OCH3 is 1. The highest BCUT2D eigenvalue weighted by Crippen LogP contribution is 2.30. The molecule has 1 amide bonds. The van der Waals surface area contributed by atoms with E-state index >= 15 is 0 Å². The van der Waals surface area contributed by atoms with Gasteiger partial charge in [-0.2, -0.15) is 0 Å². The van der Waals surface area contributed by atoms with Crippen LogP contribution in [-0.2, 0) is 9.53 Å². The lowest BCUT2D eigenvalue weighted by Crippen LogP contribution is -2.34. The van der Waals surface area contributed by atoms with E-state index in [9.17, 15) is 4.79 Å². The third kappa shape index (κ3) is 1.43. The molecule has 2 aliphatic rings. The summed E-state index contributed by atoms with van der Waals surface area (Å²) in [6.45, 7) is 0.855. The number of carbonyl (C=O) groups excluding carboxylic acids is 1. The molecule has 0 spiro atoms. The van der Waals surface area contributed by atoms with Gasteiger partial charge in [0.05, 0.1) is 12.9 Å². The number of hydrogen-bond acceptors (Lipinski definition) is 2. The summed E-state index contributed by atoms with van der Waals surface area (Å²) < 4.78 is 5.18. The quantitative estimate of drug-likeness (QED) is 0.631. The Kier molecular flexibility index (Phi) is 2.32. The standard InChI is InChI=1S/C11H15NO2/c1-12-6-5-8-3-4-9(14-2)7-10(8)11(12)13/h7H,3-6H2,1-2H3. The molecule has 0 N–H and O–H groups in total. The third-order valence-electron chi connectivity index (χ3n) is 2.95. The minimum Gasteiger partial charge on any atom is -0.501 e. The van der Waals surface area contributed by atoms with Crippen LogP contribution < -0.4 is 0 Å². The Labute approximate surface area is 84.0 Å². The minimum absolute atomic E-state index is 0.139. The predicted molar refractivity (Wildman–Crippen MR) is 53.6 cm³/mol. The molecule has 0 aromatic heterocycles. The maximum atomic E-state index is 11.8. The lowest BCUT2D eigenvalue weighted by molar-refractivity contribution is -0.126. The van der Waals surface area contributed by atoms with Gasteiger partial charge in [0.2, 0.25) is 0 Å². The number of allylic oxidation sites excluding steroid dienone is 1. The Morgan fingerprint density at radius 2 is 2.14 bits per heavy atom. The normalized spacial score (nSPS) is 22.0. The van der Waals surface area contributed by atoms with E-state index in [-0.39, 0.29) is 5.91 Å². The summed E-state index contributed by atoms with van der Waals surface area (Å²) >= 11 is 0. The molecule has 0 saturated carbocycles. The van der Waals surface area contributed by atoms with E-state index in [4.69, 9.17) is 4.74 Å². The highest BCUT2D eigenvalue weighted by Gasteiger charge is 2.25. The molecule has 0 atom stereocenters. The van der Waals surface area contributed by atoms with E-state index in [1.807, 2.05) is 13.1 Å². The topological polar surface area (TPSA) is 29.5 Å². The van der Waals surface area contributed by atoms with Crippen molar-refractivity contribution in [3.8, 4) is 0 Å². The van der Waals surface area contributed by atoms with Crippen molar-refractivity contribution in [1.82, 2.24) is 4.90 Å². The van der Waals surface area contributed by atoms with E-state index in [1.165, 1.54) is 5.57 Å². The number of nitrogens with zero attached hydrogens (tertiary/aromatic N) is 1. The van der Waals surface area contributed by atoms with E-state index < -0.39 is 0 Å². The van der Waals surface area contributed by atoms with E-state index in [0.29, 0.717) is 0 Å². The number of rotatable bonds is 1. The Morgan fingerprint density at radius 3 is 2.86 bits per heavy atom. The summed E-state index contributed by atoms with van der Waals surface area (Å²) in [5.41, 5.74) is 2.16. The molecule has 0 bridgehead atoms. The fourth-order valence-corrected chi connectivity index (χ4v) is 1.99. The molecular formula is C11H15NO2. The molecule has 0 aromatic rings. The second-order valence-electron chi connectivity index (χ2n) is 3.81. The molecule has 1 heterocycles. The number of ether oxygens (including phenoxy) is 1. The van der Waals surface area contributed by atoms with Crippen LogP contribution >= 0.6 is 0 Å². The molecule has 1 aliphatic carbocycles. The van der Waals surface area contributed by atoms with Gasteiger partial charge < -0.3 is 9.64 Å². The average Bonchev–Trinajstić information content (AvgIpc) is 2.23. The molecule has 3 nitrogen and oxygen atoms in total. The number of carbonyl (C=O) groups is 1. The Balaban J connectivity index is 2.33. The first-order chi connectivity index (χ1) is 6.72. The van der Waals surface area contributed by atoms with Crippen LogP contribution in [0, 0.1) is 0 Å². The molecule has 0 unspecified atom stereocenters. The molecule has 76 valence electrons. The van der Waals surface area contributed by atoms with Crippen molar-refractivity contribution in [2.45, 2.75) is 19.3 Å². The lowest BCUT2D eigenvalue weighted by Gasteiger charge is -2.28. The zero-order valence-corrected chi connectivity index (χ0v) is 8.67. The first-order valence-corrected chi connectivity index (χ1v) is 4.94. The fraction of sp³-hybridized carbons (Fsp3) is 0.545. The van der Waals surface area contributed by atoms with Gasteiger partial charge in [-0.1, -0.05) is 5.57 Å². The van der Waals surface area contributed by atoms with Gasteiger partial charge in [0.1, 0.15) is 0 Å². The first-order valence-electron chi connectivity index (χ1n) is 4.94. The summed E-state index contributed by atoms with van der Waals surface area (Å²) in [6, 6.07) is 0. The average molecular weight is 193 g/mol. The molecule has 1 aliphatic heterocycles. The van der Waals surface area contributed by atoms with Gasteiger partial charge in [-0.25, -0.2) is 0 Å². The Hall–Kier alpha value is -1.25. The summed E-state index contributed by atoms with van der Waals surface area (Å²) in [7, 11) is 3.51. The number of hydrogen-bond donors (Lipinski definition) is 0. The summed E-state index contributed by atoms with van der Waals surface area (Å²) in [6.07, 6.45) is 4.84. The van der Waals surface area contributed by atoms with Crippen molar-refractivity contribution in [1.29, 1.82) is 0 Å². The van der Waals surface area contributed by atoms with Crippen LogP contribution in [0.1, 0.15) is 19.3 Å². The first kappa shape index (κ1) is 9.31. The summed E-state index contributed by atoms with van der Waals surface area (Å²) in [5, 5.41) is 0. The van der Waals surface area contributed by atoms with Crippen molar-refractivity contribution < 1.29 is 9.53 Å². The zero-order valence-electron chi connectivity index (χ0n) is 8.67. The Bertz CT molecular complexity index is 328. The zero-order chi connectivity index (χ0) is 10.1. The second kappa shape index (κ2) is 3.48. The van der Waals surface area contributed by atoms with E-state index in [1.54, 1.807) is 12.0 Å². The molecule has 0 saturated heterocycles. The van der Waals surface area contributed by atoms with Crippen molar-refractivity contribution in [3.63, 3.8) is 0 Å². The van der Waals surface area contributed by atoms with Crippen LogP contribution in [0.3, 0.4) is 0 Å². The smallest absolute Gasteiger partial charge is 0.253 e. The largest absolute Gasteiger partial charge is 0.501 e. The van der Waals surface area contributed by atoms with Gasteiger partial charge in [-0.3, -0.25) is 4.79 Å². The molecule has 14 heavy (non-hydrogen) atoms.